The molecule has 5 nitrogen and oxygen atoms in total. The van der Waals surface area contributed by atoms with Gasteiger partial charge in [-0.25, -0.2) is 4.98 Å². The average molecular weight is 232 g/mol. The van der Waals surface area contributed by atoms with Gasteiger partial charge in [0.05, 0.1) is 11.9 Å². The van der Waals surface area contributed by atoms with Gasteiger partial charge in [-0.3, -0.25) is 4.79 Å². The van der Waals surface area contributed by atoms with E-state index < -0.39 is 0 Å². The van der Waals surface area contributed by atoms with E-state index in [1.807, 2.05) is 6.07 Å². The first-order chi connectivity index (χ1) is 8.28. The highest BCUT2D eigenvalue weighted by Crippen LogP contribution is 2.28. The molecule has 0 spiro atoms. The van der Waals surface area contributed by atoms with E-state index in [4.69, 9.17) is 0 Å². The number of nitrogens with zero attached hydrogens (tertiary/aromatic N) is 2. The summed E-state index contributed by atoms with van der Waals surface area (Å²) in [6.07, 6.45) is 3.02. The fourth-order valence-electron chi connectivity index (χ4n) is 2.70. The van der Waals surface area contributed by atoms with Crippen LogP contribution >= 0.6 is 0 Å². The van der Waals surface area contributed by atoms with Gasteiger partial charge in [-0.2, -0.15) is 0 Å². The Morgan fingerprint density at radius 2 is 2.47 bits per heavy atom. The Kier molecular flexibility index (Phi) is 2.48. The van der Waals surface area contributed by atoms with Crippen molar-refractivity contribution in [2.45, 2.75) is 18.5 Å². The van der Waals surface area contributed by atoms with E-state index in [1.165, 1.54) is 6.42 Å². The van der Waals surface area contributed by atoms with Crippen LogP contribution in [0.5, 0.6) is 0 Å². The highest BCUT2D eigenvalue weighted by molar-refractivity contribution is 5.92. The molecule has 0 aliphatic carbocycles. The fourth-order valence-corrected chi connectivity index (χ4v) is 2.70. The van der Waals surface area contributed by atoms with E-state index in [0.717, 1.165) is 18.8 Å². The molecule has 0 radical (unpaired) electrons. The Labute approximate surface area is 100 Å². The standard InChI is InChI=1S/C12H16N4O/c1-13-12(17)11-3-2-9(5-15-11)16-7-8-4-10(16)6-14-8/h2-3,5,8,10,14H,4,6-7H2,1H3,(H,13,17)/t8-,10-/m0/s1. The van der Waals surface area contributed by atoms with Crippen LogP contribution in [0.1, 0.15) is 16.9 Å². The summed E-state index contributed by atoms with van der Waals surface area (Å²) in [5.41, 5.74) is 1.59. The summed E-state index contributed by atoms with van der Waals surface area (Å²) in [4.78, 5) is 18.0. The topological polar surface area (TPSA) is 57.3 Å². The first-order valence-corrected chi connectivity index (χ1v) is 5.96. The third-order valence-electron chi connectivity index (χ3n) is 3.60. The normalized spacial score (nSPS) is 26.3. The number of anilines is 1. The van der Waals surface area contributed by atoms with Crippen LogP contribution in [0.2, 0.25) is 0 Å². The summed E-state index contributed by atoms with van der Waals surface area (Å²) in [6, 6.07) is 4.98. The van der Waals surface area contributed by atoms with E-state index in [1.54, 1.807) is 19.3 Å². The number of amides is 1. The number of fused-ring (bicyclic) bond motifs is 2. The van der Waals surface area contributed by atoms with Crippen LogP contribution in [-0.4, -0.2) is 43.1 Å². The van der Waals surface area contributed by atoms with Crippen molar-refractivity contribution in [2.24, 2.45) is 0 Å². The predicted molar refractivity (Wildman–Crippen MR) is 65.2 cm³/mol. The van der Waals surface area contributed by atoms with Crippen LogP contribution in [-0.2, 0) is 0 Å². The second kappa shape index (κ2) is 4.00. The molecule has 2 aliphatic heterocycles. The van der Waals surface area contributed by atoms with E-state index in [2.05, 4.69) is 20.5 Å². The van der Waals surface area contributed by atoms with Crippen molar-refractivity contribution in [1.29, 1.82) is 0 Å². The molecule has 1 aromatic heterocycles. The van der Waals surface area contributed by atoms with Crippen molar-refractivity contribution in [2.75, 3.05) is 25.0 Å². The van der Waals surface area contributed by atoms with Gasteiger partial charge in [-0.1, -0.05) is 0 Å². The van der Waals surface area contributed by atoms with E-state index >= 15 is 0 Å². The van der Waals surface area contributed by atoms with E-state index in [0.29, 0.717) is 17.8 Å². The first-order valence-electron chi connectivity index (χ1n) is 5.96. The lowest BCUT2D eigenvalue weighted by molar-refractivity contribution is 0.0958. The molecule has 5 heteroatoms. The largest absolute Gasteiger partial charge is 0.364 e. The lowest BCUT2D eigenvalue weighted by Crippen LogP contribution is -2.43. The SMILES string of the molecule is CNC(=O)c1ccc(N2C[C@@H]3C[C@H]2CN3)cn1. The smallest absolute Gasteiger partial charge is 0.269 e. The second-order valence-electron chi connectivity index (χ2n) is 4.63. The van der Waals surface area contributed by atoms with Crippen LogP contribution in [0.15, 0.2) is 18.3 Å². The Morgan fingerprint density at radius 3 is 3.00 bits per heavy atom. The van der Waals surface area contributed by atoms with Crippen molar-refractivity contribution in [3.63, 3.8) is 0 Å². The van der Waals surface area contributed by atoms with Gasteiger partial charge in [0.25, 0.3) is 5.91 Å². The number of rotatable bonds is 2. The highest BCUT2D eigenvalue weighted by Gasteiger charge is 2.37. The zero-order valence-electron chi connectivity index (χ0n) is 9.81. The zero-order chi connectivity index (χ0) is 11.8. The lowest BCUT2D eigenvalue weighted by Gasteiger charge is -2.29. The number of piperazine rings is 1. The molecule has 0 unspecified atom stereocenters. The minimum atomic E-state index is -0.138. The summed E-state index contributed by atoms with van der Waals surface area (Å²) in [5, 5.41) is 6.04. The Morgan fingerprint density at radius 1 is 1.59 bits per heavy atom. The molecule has 2 fully saturated rings. The average Bonchev–Trinajstić information content (AvgIpc) is 3.00. The molecule has 90 valence electrons. The first kappa shape index (κ1) is 10.5. The number of hydrogen-bond acceptors (Lipinski definition) is 4. The predicted octanol–water partition coefficient (Wildman–Crippen LogP) is -0.00830. The molecule has 0 saturated carbocycles. The number of aromatic nitrogens is 1. The third kappa shape index (κ3) is 1.76. The molecule has 17 heavy (non-hydrogen) atoms. The minimum Gasteiger partial charge on any atom is -0.364 e. The van der Waals surface area contributed by atoms with Crippen LogP contribution in [0.4, 0.5) is 5.69 Å². The molecule has 3 heterocycles. The maximum Gasteiger partial charge on any atom is 0.269 e. The number of carbonyl (C=O) groups is 1. The summed E-state index contributed by atoms with van der Waals surface area (Å²) >= 11 is 0. The molecule has 1 aromatic rings. The van der Waals surface area contributed by atoms with Gasteiger partial charge in [0.1, 0.15) is 5.69 Å². The number of hydrogen-bond donors (Lipinski definition) is 2. The van der Waals surface area contributed by atoms with Crippen molar-refractivity contribution < 1.29 is 4.79 Å². The molecule has 2 N–H and O–H groups in total. The Hall–Kier alpha value is -1.62. The summed E-state index contributed by atoms with van der Waals surface area (Å²) < 4.78 is 0. The van der Waals surface area contributed by atoms with Gasteiger partial charge < -0.3 is 15.5 Å². The Balaban J connectivity index is 1.78. The van der Waals surface area contributed by atoms with Crippen molar-refractivity contribution in [3.05, 3.63) is 24.0 Å². The second-order valence-corrected chi connectivity index (χ2v) is 4.63. The summed E-state index contributed by atoms with van der Waals surface area (Å²) in [7, 11) is 1.61. The van der Waals surface area contributed by atoms with Gasteiger partial charge in [-0.15, -0.1) is 0 Å². The van der Waals surface area contributed by atoms with Crippen LogP contribution < -0.4 is 15.5 Å². The molecule has 2 saturated heterocycles. The molecule has 2 bridgehead atoms. The van der Waals surface area contributed by atoms with E-state index in [9.17, 15) is 4.79 Å². The van der Waals surface area contributed by atoms with E-state index in [-0.39, 0.29) is 5.91 Å². The molecule has 2 aliphatic rings. The molecule has 3 rings (SSSR count). The molecule has 2 atom stereocenters. The molecular weight excluding hydrogens is 216 g/mol. The van der Waals surface area contributed by atoms with Gasteiger partial charge in [0, 0.05) is 32.2 Å². The van der Waals surface area contributed by atoms with Crippen molar-refractivity contribution >= 4 is 11.6 Å². The lowest BCUT2D eigenvalue weighted by atomic mass is 10.2. The minimum absolute atomic E-state index is 0.138. The maximum atomic E-state index is 11.4. The van der Waals surface area contributed by atoms with Gasteiger partial charge >= 0.3 is 0 Å². The quantitative estimate of drug-likeness (QED) is 0.753. The zero-order valence-corrected chi connectivity index (χ0v) is 9.81. The Bertz CT molecular complexity index is 431. The van der Waals surface area contributed by atoms with Crippen molar-refractivity contribution in [3.8, 4) is 0 Å². The number of carbonyl (C=O) groups excluding carboxylic acids is 1. The maximum absolute atomic E-state index is 11.4. The third-order valence-corrected chi connectivity index (χ3v) is 3.60. The molecular formula is C12H16N4O. The molecule has 0 aromatic carbocycles. The van der Waals surface area contributed by atoms with Crippen molar-refractivity contribution in [1.82, 2.24) is 15.6 Å². The van der Waals surface area contributed by atoms with Crippen LogP contribution in [0.25, 0.3) is 0 Å². The summed E-state index contributed by atoms with van der Waals surface area (Å²) in [5.74, 6) is -0.138. The highest BCUT2D eigenvalue weighted by atomic mass is 16.1. The van der Waals surface area contributed by atoms with Crippen LogP contribution in [0, 0.1) is 0 Å². The molecule has 1 amide bonds. The number of nitrogens with one attached hydrogen (secondary N) is 2. The fraction of sp³-hybridized carbons (Fsp3) is 0.500. The van der Waals surface area contributed by atoms with Gasteiger partial charge in [0.2, 0.25) is 0 Å². The van der Waals surface area contributed by atoms with Gasteiger partial charge in [-0.05, 0) is 18.6 Å². The number of pyridine rings is 1. The monoisotopic (exact) mass is 232 g/mol. The van der Waals surface area contributed by atoms with Gasteiger partial charge in [0.15, 0.2) is 0 Å². The summed E-state index contributed by atoms with van der Waals surface area (Å²) in [6.45, 7) is 2.10. The van der Waals surface area contributed by atoms with Crippen LogP contribution in [0.3, 0.4) is 0 Å².